The lowest BCUT2D eigenvalue weighted by atomic mass is 10.2. The van der Waals surface area contributed by atoms with Crippen molar-refractivity contribution in [3.8, 4) is 5.75 Å². The minimum atomic E-state index is -1.06. The Bertz CT molecular complexity index is 471. The lowest BCUT2D eigenvalue weighted by Gasteiger charge is -2.09. The van der Waals surface area contributed by atoms with E-state index in [0.29, 0.717) is 15.8 Å². The molecule has 5 nitrogen and oxygen atoms in total. The smallest absolute Gasteiger partial charge is 0.328 e. The van der Waals surface area contributed by atoms with Gasteiger partial charge in [0.05, 0.1) is 4.47 Å². The van der Waals surface area contributed by atoms with Crippen molar-refractivity contribution in [2.75, 3.05) is 6.61 Å². The highest BCUT2D eigenvalue weighted by Crippen LogP contribution is 2.29. The van der Waals surface area contributed by atoms with Gasteiger partial charge in [0, 0.05) is 11.6 Å². The summed E-state index contributed by atoms with van der Waals surface area (Å²) in [5.74, 6) is -1.29. The number of rotatable bonds is 5. The molecule has 1 aromatic carbocycles. The normalized spacial score (nSPS) is 10.4. The van der Waals surface area contributed by atoms with Crippen LogP contribution in [0.3, 0.4) is 0 Å². The molecule has 90 valence electrons. The largest absolute Gasteiger partial charge is 0.482 e. The molecule has 17 heavy (non-hydrogen) atoms. The number of carbonyl (C=O) groups is 2. The van der Waals surface area contributed by atoms with Gasteiger partial charge in [-0.3, -0.25) is 4.79 Å². The van der Waals surface area contributed by atoms with Gasteiger partial charge in [-0.25, -0.2) is 4.79 Å². The third-order valence-electron chi connectivity index (χ3n) is 1.76. The van der Waals surface area contributed by atoms with Gasteiger partial charge < -0.3 is 15.6 Å². The number of carbonyl (C=O) groups excluding carboxylic acids is 1. The van der Waals surface area contributed by atoms with E-state index in [0.717, 1.165) is 6.08 Å². The first-order valence-corrected chi connectivity index (χ1v) is 5.40. The predicted molar refractivity (Wildman–Crippen MR) is 65.5 cm³/mol. The SMILES string of the molecule is NC(=O)COc1c(Br)cccc1/C=C/C(=O)O. The quantitative estimate of drug-likeness (QED) is 0.805. The summed E-state index contributed by atoms with van der Waals surface area (Å²) >= 11 is 3.25. The summed E-state index contributed by atoms with van der Waals surface area (Å²) in [7, 11) is 0. The Morgan fingerprint density at radius 1 is 1.47 bits per heavy atom. The summed E-state index contributed by atoms with van der Waals surface area (Å²) in [5.41, 5.74) is 5.52. The van der Waals surface area contributed by atoms with E-state index < -0.39 is 11.9 Å². The molecule has 0 bridgehead atoms. The summed E-state index contributed by atoms with van der Waals surface area (Å²) in [6, 6.07) is 5.11. The lowest BCUT2D eigenvalue weighted by Crippen LogP contribution is -2.20. The number of carboxylic acids is 1. The van der Waals surface area contributed by atoms with Gasteiger partial charge >= 0.3 is 5.97 Å². The third kappa shape index (κ3) is 4.28. The van der Waals surface area contributed by atoms with Crippen LogP contribution in [0.15, 0.2) is 28.7 Å². The van der Waals surface area contributed by atoms with Gasteiger partial charge in [0.1, 0.15) is 5.75 Å². The van der Waals surface area contributed by atoms with Crippen LogP contribution in [0, 0.1) is 0 Å². The number of para-hydroxylation sites is 1. The Labute approximate surface area is 106 Å². The summed E-state index contributed by atoms with van der Waals surface area (Å²) in [5, 5.41) is 8.54. The molecule has 1 amide bonds. The fraction of sp³-hybridized carbons (Fsp3) is 0.0909. The van der Waals surface area contributed by atoms with Gasteiger partial charge in [0.2, 0.25) is 0 Å². The highest BCUT2D eigenvalue weighted by Gasteiger charge is 2.07. The van der Waals surface area contributed by atoms with Crippen molar-refractivity contribution in [1.82, 2.24) is 0 Å². The minimum absolute atomic E-state index is 0.267. The number of halogens is 1. The zero-order chi connectivity index (χ0) is 12.8. The first kappa shape index (κ1) is 13.2. The first-order valence-electron chi connectivity index (χ1n) is 4.61. The van der Waals surface area contributed by atoms with Crippen molar-refractivity contribution in [3.63, 3.8) is 0 Å². The van der Waals surface area contributed by atoms with Gasteiger partial charge in [-0.1, -0.05) is 12.1 Å². The van der Waals surface area contributed by atoms with Crippen molar-refractivity contribution in [3.05, 3.63) is 34.3 Å². The second-order valence-corrected chi connectivity index (χ2v) is 3.94. The van der Waals surface area contributed by atoms with Crippen LogP contribution >= 0.6 is 15.9 Å². The molecule has 0 aromatic heterocycles. The highest BCUT2D eigenvalue weighted by atomic mass is 79.9. The van der Waals surface area contributed by atoms with E-state index in [4.69, 9.17) is 15.6 Å². The number of benzene rings is 1. The monoisotopic (exact) mass is 299 g/mol. The number of aliphatic carboxylic acids is 1. The second kappa shape index (κ2) is 6.05. The lowest BCUT2D eigenvalue weighted by molar-refractivity contribution is -0.131. The summed E-state index contributed by atoms with van der Waals surface area (Å²) in [6.07, 6.45) is 2.36. The number of hydrogen-bond donors (Lipinski definition) is 2. The number of amides is 1. The molecule has 0 heterocycles. The zero-order valence-corrected chi connectivity index (χ0v) is 10.3. The third-order valence-corrected chi connectivity index (χ3v) is 2.39. The number of primary amides is 1. The van der Waals surface area contributed by atoms with Crippen LogP contribution in [0.2, 0.25) is 0 Å². The molecule has 0 unspecified atom stereocenters. The number of carboxylic acid groups (broad SMARTS) is 1. The maximum Gasteiger partial charge on any atom is 0.328 e. The second-order valence-electron chi connectivity index (χ2n) is 3.08. The van der Waals surface area contributed by atoms with Crippen LogP contribution in [0.1, 0.15) is 5.56 Å². The van der Waals surface area contributed by atoms with Gasteiger partial charge in [-0.15, -0.1) is 0 Å². The highest BCUT2D eigenvalue weighted by molar-refractivity contribution is 9.10. The van der Waals surface area contributed by atoms with Gasteiger partial charge in [0.25, 0.3) is 5.91 Å². The van der Waals surface area contributed by atoms with Crippen molar-refractivity contribution in [1.29, 1.82) is 0 Å². The van der Waals surface area contributed by atoms with Crippen LogP contribution in [-0.2, 0) is 9.59 Å². The molecule has 0 aliphatic rings. The van der Waals surface area contributed by atoms with Crippen LogP contribution in [0.5, 0.6) is 5.75 Å². The predicted octanol–water partition coefficient (Wildman–Crippen LogP) is 1.41. The van der Waals surface area contributed by atoms with Gasteiger partial charge in [0.15, 0.2) is 6.61 Å². The van der Waals surface area contributed by atoms with E-state index in [1.165, 1.54) is 6.08 Å². The van der Waals surface area contributed by atoms with E-state index in [9.17, 15) is 9.59 Å². The molecule has 0 aliphatic heterocycles. The maximum atomic E-state index is 10.6. The fourth-order valence-electron chi connectivity index (χ4n) is 1.11. The Morgan fingerprint density at radius 3 is 2.76 bits per heavy atom. The average Bonchev–Trinajstić information content (AvgIpc) is 2.24. The topological polar surface area (TPSA) is 89.6 Å². The molecule has 0 aliphatic carbocycles. The molecule has 0 radical (unpaired) electrons. The van der Waals surface area contributed by atoms with Crippen LogP contribution in [0.4, 0.5) is 0 Å². The molecule has 0 atom stereocenters. The molecule has 3 N–H and O–H groups in total. The fourth-order valence-corrected chi connectivity index (χ4v) is 1.61. The zero-order valence-electron chi connectivity index (χ0n) is 8.72. The number of hydrogen-bond acceptors (Lipinski definition) is 3. The first-order chi connectivity index (χ1) is 8.00. The van der Waals surface area contributed by atoms with E-state index in [1.807, 2.05) is 0 Å². The Kier molecular flexibility index (Phi) is 4.71. The van der Waals surface area contributed by atoms with Crippen molar-refractivity contribution in [2.45, 2.75) is 0 Å². The Hall–Kier alpha value is -1.82. The number of nitrogens with two attached hydrogens (primary N) is 1. The molecular formula is C11H10BrNO4. The molecule has 1 aromatic rings. The van der Waals surface area contributed by atoms with Crippen LogP contribution < -0.4 is 10.5 Å². The van der Waals surface area contributed by atoms with Crippen molar-refractivity contribution < 1.29 is 19.4 Å². The van der Waals surface area contributed by atoms with E-state index in [-0.39, 0.29) is 6.61 Å². The minimum Gasteiger partial charge on any atom is -0.482 e. The molecule has 0 saturated carbocycles. The molecule has 0 spiro atoms. The van der Waals surface area contributed by atoms with Gasteiger partial charge in [-0.05, 0) is 28.1 Å². The Morgan fingerprint density at radius 2 is 2.18 bits per heavy atom. The van der Waals surface area contributed by atoms with E-state index in [2.05, 4.69) is 15.9 Å². The van der Waals surface area contributed by atoms with Gasteiger partial charge in [-0.2, -0.15) is 0 Å². The molecule has 0 saturated heterocycles. The molecule has 6 heteroatoms. The van der Waals surface area contributed by atoms with E-state index >= 15 is 0 Å². The van der Waals surface area contributed by atoms with E-state index in [1.54, 1.807) is 18.2 Å². The standard InChI is InChI=1S/C11H10BrNO4/c12-8-3-1-2-7(4-5-10(15)16)11(8)17-6-9(13)14/h1-5H,6H2,(H2,13,14)(H,15,16)/b5-4+. The van der Waals surface area contributed by atoms with Crippen LogP contribution in [-0.4, -0.2) is 23.6 Å². The molecule has 1 rings (SSSR count). The van der Waals surface area contributed by atoms with Crippen molar-refractivity contribution in [2.24, 2.45) is 5.73 Å². The molecule has 0 fully saturated rings. The summed E-state index contributed by atoms with van der Waals surface area (Å²) < 4.78 is 5.81. The average molecular weight is 300 g/mol. The van der Waals surface area contributed by atoms with Crippen molar-refractivity contribution >= 4 is 33.9 Å². The summed E-state index contributed by atoms with van der Waals surface area (Å²) in [4.78, 5) is 21.1. The van der Waals surface area contributed by atoms with Crippen LogP contribution in [0.25, 0.3) is 6.08 Å². The number of ether oxygens (including phenoxy) is 1. The maximum absolute atomic E-state index is 10.6. The Balaban J connectivity index is 2.99. The molecular weight excluding hydrogens is 290 g/mol. The summed E-state index contributed by atoms with van der Waals surface area (Å²) in [6.45, 7) is -0.267.